The number of aromatic hydroxyl groups is 1. The van der Waals surface area contributed by atoms with E-state index >= 15 is 0 Å². The highest BCUT2D eigenvalue weighted by Crippen LogP contribution is 2.20. The lowest BCUT2D eigenvalue weighted by Crippen LogP contribution is -1.96. The summed E-state index contributed by atoms with van der Waals surface area (Å²) < 4.78 is 18.1. The van der Waals surface area contributed by atoms with Crippen LogP contribution in [0.25, 0.3) is 0 Å². The molecule has 0 spiro atoms. The first-order valence-electron chi connectivity index (χ1n) is 4.76. The van der Waals surface area contributed by atoms with E-state index in [0.29, 0.717) is 11.3 Å². The summed E-state index contributed by atoms with van der Waals surface area (Å²) in [6, 6.07) is 7.33. The first-order valence-corrected chi connectivity index (χ1v) is 4.76. The monoisotopic (exact) mass is 219 g/mol. The van der Waals surface area contributed by atoms with Crippen molar-refractivity contribution in [3.63, 3.8) is 0 Å². The largest absolute Gasteiger partial charge is 0.507 e. The van der Waals surface area contributed by atoms with Gasteiger partial charge < -0.3 is 9.84 Å². The third-order valence-electron chi connectivity index (χ3n) is 2.08. The summed E-state index contributed by atoms with van der Waals surface area (Å²) in [7, 11) is 0. The topological polar surface area (TPSA) is 42.4 Å². The van der Waals surface area contributed by atoms with Crippen LogP contribution in [0, 0.1) is 5.82 Å². The Morgan fingerprint density at radius 2 is 2.19 bits per heavy atom. The van der Waals surface area contributed by atoms with E-state index in [1.807, 2.05) is 0 Å². The smallest absolute Gasteiger partial charge is 0.138 e. The van der Waals surface area contributed by atoms with Crippen LogP contribution in [0.3, 0.4) is 0 Å². The van der Waals surface area contributed by atoms with E-state index in [0.717, 1.165) is 6.07 Å². The van der Waals surface area contributed by atoms with E-state index in [2.05, 4.69) is 4.98 Å². The van der Waals surface area contributed by atoms with Crippen molar-refractivity contribution >= 4 is 0 Å². The van der Waals surface area contributed by atoms with Gasteiger partial charge in [-0.25, -0.2) is 4.39 Å². The highest BCUT2D eigenvalue weighted by molar-refractivity contribution is 5.32. The molecule has 0 saturated heterocycles. The second-order valence-electron chi connectivity index (χ2n) is 3.25. The fraction of sp³-hybridized carbons (Fsp3) is 0.0833. The molecule has 1 aromatic heterocycles. The second-order valence-corrected chi connectivity index (χ2v) is 3.25. The predicted molar refractivity (Wildman–Crippen MR) is 56.6 cm³/mol. The zero-order valence-electron chi connectivity index (χ0n) is 8.43. The van der Waals surface area contributed by atoms with Gasteiger partial charge in [-0.1, -0.05) is 0 Å². The third kappa shape index (κ3) is 2.48. The number of hydrogen-bond acceptors (Lipinski definition) is 3. The molecule has 4 heteroatoms. The summed E-state index contributed by atoms with van der Waals surface area (Å²) in [5, 5.41) is 9.43. The Balaban J connectivity index is 2.05. The average molecular weight is 219 g/mol. The standard InChI is InChI=1S/C12H10FNO2/c13-10-4-3-9(12(15)6-10)8-16-11-2-1-5-14-7-11/h1-7,15H,8H2. The summed E-state index contributed by atoms with van der Waals surface area (Å²) >= 11 is 0. The highest BCUT2D eigenvalue weighted by Gasteiger charge is 2.03. The molecule has 16 heavy (non-hydrogen) atoms. The third-order valence-corrected chi connectivity index (χ3v) is 2.08. The molecule has 3 nitrogen and oxygen atoms in total. The van der Waals surface area contributed by atoms with Gasteiger partial charge in [0.15, 0.2) is 0 Å². The number of phenols is 1. The molecule has 0 atom stereocenters. The maximum absolute atomic E-state index is 12.7. The Hall–Kier alpha value is -2.10. The van der Waals surface area contributed by atoms with Crippen molar-refractivity contribution in [2.45, 2.75) is 6.61 Å². The minimum absolute atomic E-state index is 0.108. The first-order chi connectivity index (χ1) is 7.75. The van der Waals surface area contributed by atoms with Crippen LogP contribution in [0.1, 0.15) is 5.56 Å². The maximum Gasteiger partial charge on any atom is 0.138 e. The van der Waals surface area contributed by atoms with Gasteiger partial charge in [-0.15, -0.1) is 0 Å². The van der Waals surface area contributed by atoms with E-state index in [-0.39, 0.29) is 12.4 Å². The summed E-state index contributed by atoms with van der Waals surface area (Å²) in [6.45, 7) is 0.178. The Morgan fingerprint density at radius 3 is 2.88 bits per heavy atom. The van der Waals surface area contributed by atoms with Gasteiger partial charge in [-0.3, -0.25) is 4.98 Å². The molecule has 1 N–H and O–H groups in total. The molecule has 0 bridgehead atoms. The number of phenolic OH excluding ortho intramolecular Hbond substituents is 1. The molecular weight excluding hydrogens is 209 g/mol. The number of rotatable bonds is 3. The van der Waals surface area contributed by atoms with Crippen LogP contribution in [-0.4, -0.2) is 10.1 Å². The van der Waals surface area contributed by atoms with Gasteiger partial charge in [-0.2, -0.15) is 0 Å². The van der Waals surface area contributed by atoms with Gasteiger partial charge in [0.1, 0.15) is 23.9 Å². The Morgan fingerprint density at radius 1 is 1.31 bits per heavy atom. The van der Waals surface area contributed by atoms with Crippen molar-refractivity contribution in [2.24, 2.45) is 0 Å². The fourth-order valence-corrected chi connectivity index (χ4v) is 1.25. The molecule has 1 aromatic carbocycles. The molecular formula is C12H10FNO2. The fourth-order valence-electron chi connectivity index (χ4n) is 1.25. The summed E-state index contributed by atoms with van der Waals surface area (Å²) in [5.41, 5.74) is 0.533. The number of nitrogens with zero attached hydrogens (tertiary/aromatic N) is 1. The molecule has 0 aliphatic rings. The van der Waals surface area contributed by atoms with Crippen molar-refractivity contribution in [2.75, 3.05) is 0 Å². The summed E-state index contributed by atoms with van der Waals surface area (Å²) in [5.74, 6) is 0.0257. The van der Waals surface area contributed by atoms with Crippen LogP contribution >= 0.6 is 0 Å². The van der Waals surface area contributed by atoms with Gasteiger partial charge in [-0.05, 0) is 24.3 Å². The zero-order valence-corrected chi connectivity index (χ0v) is 8.43. The van der Waals surface area contributed by atoms with Crippen molar-refractivity contribution in [1.29, 1.82) is 0 Å². The Kier molecular flexibility index (Phi) is 3.00. The SMILES string of the molecule is Oc1cc(F)ccc1COc1cccnc1. The molecule has 0 saturated carbocycles. The lowest BCUT2D eigenvalue weighted by atomic mass is 10.2. The van der Waals surface area contributed by atoms with Crippen LogP contribution in [0.4, 0.5) is 4.39 Å². The van der Waals surface area contributed by atoms with Crippen LogP contribution in [0.15, 0.2) is 42.7 Å². The van der Waals surface area contributed by atoms with E-state index in [1.54, 1.807) is 24.5 Å². The van der Waals surface area contributed by atoms with E-state index < -0.39 is 5.82 Å². The molecule has 82 valence electrons. The molecule has 2 aromatic rings. The number of hydrogen-bond donors (Lipinski definition) is 1. The quantitative estimate of drug-likeness (QED) is 0.862. The normalized spacial score (nSPS) is 10.1. The van der Waals surface area contributed by atoms with Gasteiger partial charge >= 0.3 is 0 Å². The van der Waals surface area contributed by atoms with Crippen molar-refractivity contribution in [3.05, 3.63) is 54.1 Å². The van der Waals surface area contributed by atoms with Crippen molar-refractivity contribution in [3.8, 4) is 11.5 Å². The Labute approximate surface area is 92.1 Å². The van der Waals surface area contributed by atoms with Crippen molar-refractivity contribution in [1.82, 2.24) is 4.98 Å². The van der Waals surface area contributed by atoms with Crippen LogP contribution in [0.5, 0.6) is 11.5 Å². The second kappa shape index (κ2) is 4.61. The summed E-state index contributed by atoms with van der Waals surface area (Å²) in [6.07, 6.45) is 3.21. The minimum Gasteiger partial charge on any atom is -0.507 e. The number of aromatic nitrogens is 1. The molecule has 0 unspecified atom stereocenters. The van der Waals surface area contributed by atoms with Crippen LogP contribution in [0.2, 0.25) is 0 Å². The minimum atomic E-state index is -0.470. The van der Waals surface area contributed by atoms with E-state index in [4.69, 9.17) is 4.74 Å². The molecule has 0 radical (unpaired) electrons. The highest BCUT2D eigenvalue weighted by atomic mass is 19.1. The van der Waals surface area contributed by atoms with Gasteiger partial charge in [0.2, 0.25) is 0 Å². The number of benzene rings is 1. The molecule has 0 amide bonds. The average Bonchev–Trinajstić information content (AvgIpc) is 2.29. The van der Waals surface area contributed by atoms with Gasteiger partial charge in [0, 0.05) is 17.8 Å². The predicted octanol–water partition coefficient (Wildman–Crippen LogP) is 2.51. The number of halogens is 1. The lowest BCUT2D eigenvalue weighted by molar-refractivity contribution is 0.297. The van der Waals surface area contributed by atoms with Gasteiger partial charge in [0.25, 0.3) is 0 Å². The Bertz CT molecular complexity index is 474. The molecule has 0 aliphatic heterocycles. The summed E-state index contributed by atoms with van der Waals surface area (Å²) in [4.78, 5) is 3.89. The molecule has 0 fully saturated rings. The van der Waals surface area contributed by atoms with Gasteiger partial charge in [0.05, 0.1) is 6.20 Å². The van der Waals surface area contributed by atoms with Crippen LogP contribution < -0.4 is 4.74 Å². The zero-order chi connectivity index (χ0) is 11.4. The molecule has 0 aliphatic carbocycles. The first kappa shape index (κ1) is 10.4. The molecule has 1 heterocycles. The van der Waals surface area contributed by atoms with Crippen molar-refractivity contribution < 1.29 is 14.2 Å². The number of ether oxygens (including phenoxy) is 1. The van der Waals surface area contributed by atoms with Crippen LogP contribution in [-0.2, 0) is 6.61 Å². The maximum atomic E-state index is 12.7. The molecule has 2 rings (SSSR count). The van der Waals surface area contributed by atoms with E-state index in [9.17, 15) is 9.50 Å². The number of pyridine rings is 1. The van der Waals surface area contributed by atoms with E-state index in [1.165, 1.54) is 12.1 Å². The lowest BCUT2D eigenvalue weighted by Gasteiger charge is -2.07.